The standard InChI is InChI=1S/C20H25N3O3S/c1-3-22-12-14-23(15-13-22)20(24)18-6-4-5-7-19(18)21-27(25,26)17-10-8-16(2)9-11-17/h4-11,21H,3,12-15H2,1-2H3/p+1. The van der Waals surface area contributed by atoms with Gasteiger partial charge in [-0.25, -0.2) is 8.42 Å². The summed E-state index contributed by atoms with van der Waals surface area (Å²) in [5, 5.41) is 0. The molecule has 2 aromatic rings. The lowest BCUT2D eigenvalue weighted by Crippen LogP contribution is -3.14. The molecular weight excluding hydrogens is 362 g/mol. The van der Waals surface area contributed by atoms with Crippen molar-refractivity contribution in [2.24, 2.45) is 0 Å². The molecule has 6 nitrogen and oxygen atoms in total. The van der Waals surface area contributed by atoms with E-state index >= 15 is 0 Å². The van der Waals surface area contributed by atoms with E-state index in [4.69, 9.17) is 0 Å². The van der Waals surface area contributed by atoms with E-state index in [2.05, 4.69) is 11.6 Å². The lowest BCUT2D eigenvalue weighted by molar-refractivity contribution is -0.902. The first-order valence-corrected chi connectivity index (χ1v) is 10.7. The van der Waals surface area contributed by atoms with Crippen LogP contribution in [0.25, 0.3) is 0 Å². The highest BCUT2D eigenvalue weighted by Gasteiger charge is 2.26. The van der Waals surface area contributed by atoms with E-state index in [1.54, 1.807) is 53.4 Å². The van der Waals surface area contributed by atoms with Crippen LogP contribution < -0.4 is 9.62 Å². The highest BCUT2D eigenvalue weighted by atomic mass is 32.2. The van der Waals surface area contributed by atoms with E-state index in [0.29, 0.717) is 24.3 Å². The molecule has 1 aliphatic rings. The number of hydrogen-bond donors (Lipinski definition) is 2. The number of aryl methyl sites for hydroxylation is 1. The minimum absolute atomic E-state index is 0.132. The molecule has 0 saturated carbocycles. The molecule has 1 saturated heterocycles. The third kappa shape index (κ3) is 4.48. The zero-order chi connectivity index (χ0) is 19.4. The molecule has 2 aromatic carbocycles. The van der Waals surface area contributed by atoms with Crippen LogP contribution in [0.2, 0.25) is 0 Å². The van der Waals surface area contributed by atoms with Crippen molar-refractivity contribution >= 4 is 21.6 Å². The topological polar surface area (TPSA) is 70.9 Å². The Balaban J connectivity index is 1.82. The number of likely N-dealkylation sites (N-methyl/N-ethyl adjacent to an activating group) is 1. The number of carbonyl (C=O) groups is 1. The van der Waals surface area contributed by atoms with Gasteiger partial charge in [-0.3, -0.25) is 9.52 Å². The molecule has 0 radical (unpaired) electrons. The average Bonchev–Trinajstić information content (AvgIpc) is 2.68. The van der Waals surface area contributed by atoms with Crippen molar-refractivity contribution in [3.63, 3.8) is 0 Å². The van der Waals surface area contributed by atoms with E-state index in [9.17, 15) is 13.2 Å². The van der Waals surface area contributed by atoms with Crippen molar-refractivity contribution in [1.29, 1.82) is 0 Å². The first-order valence-electron chi connectivity index (χ1n) is 9.22. The number of benzene rings is 2. The van der Waals surface area contributed by atoms with Crippen LogP contribution >= 0.6 is 0 Å². The third-order valence-electron chi connectivity index (χ3n) is 4.99. The van der Waals surface area contributed by atoms with Gasteiger partial charge in [0.2, 0.25) is 0 Å². The number of rotatable bonds is 5. The number of hydrogen-bond acceptors (Lipinski definition) is 3. The smallest absolute Gasteiger partial charge is 0.261 e. The molecule has 0 atom stereocenters. The normalized spacial score (nSPS) is 15.6. The van der Waals surface area contributed by atoms with Gasteiger partial charge in [0.05, 0.1) is 48.9 Å². The van der Waals surface area contributed by atoms with Crippen LogP contribution in [0.5, 0.6) is 0 Å². The van der Waals surface area contributed by atoms with Gasteiger partial charge >= 0.3 is 0 Å². The van der Waals surface area contributed by atoms with Gasteiger partial charge in [-0.15, -0.1) is 0 Å². The number of nitrogens with one attached hydrogen (secondary N) is 2. The van der Waals surface area contributed by atoms with Crippen molar-refractivity contribution in [2.75, 3.05) is 37.4 Å². The van der Waals surface area contributed by atoms with Crippen molar-refractivity contribution in [3.8, 4) is 0 Å². The highest BCUT2D eigenvalue weighted by molar-refractivity contribution is 7.92. The second kappa shape index (κ2) is 8.10. The molecule has 7 heteroatoms. The predicted molar refractivity (Wildman–Crippen MR) is 106 cm³/mol. The summed E-state index contributed by atoms with van der Waals surface area (Å²) in [6, 6.07) is 13.4. The average molecular weight is 389 g/mol. The summed E-state index contributed by atoms with van der Waals surface area (Å²) < 4.78 is 28.0. The maximum atomic E-state index is 13.0. The first kappa shape index (κ1) is 19.4. The minimum atomic E-state index is -3.75. The fourth-order valence-corrected chi connectivity index (χ4v) is 4.31. The predicted octanol–water partition coefficient (Wildman–Crippen LogP) is 1.16. The summed E-state index contributed by atoms with van der Waals surface area (Å²) in [6.45, 7) is 8.29. The molecule has 1 fully saturated rings. The van der Waals surface area contributed by atoms with Gasteiger partial charge in [0.25, 0.3) is 15.9 Å². The molecule has 1 amide bonds. The number of nitrogens with zero attached hydrogens (tertiary/aromatic N) is 1. The van der Waals surface area contributed by atoms with E-state index in [1.165, 1.54) is 4.90 Å². The molecular formula is C20H26N3O3S+. The van der Waals surface area contributed by atoms with Gasteiger partial charge in [0.15, 0.2) is 0 Å². The van der Waals surface area contributed by atoms with Gasteiger partial charge in [-0.05, 0) is 38.1 Å². The maximum Gasteiger partial charge on any atom is 0.261 e. The zero-order valence-corrected chi connectivity index (χ0v) is 16.6. The van der Waals surface area contributed by atoms with Gasteiger partial charge in [-0.2, -0.15) is 0 Å². The lowest BCUT2D eigenvalue weighted by atomic mass is 10.1. The second-order valence-corrected chi connectivity index (χ2v) is 8.54. The first-order chi connectivity index (χ1) is 12.9. The Kier molecular flexibility index (Phi) is 5.82. The lowest BCUT2D eigenvalue weighted by Gasteiger charge is -2.32. The Hall–Kier alpha value is -2.38. The van der Waals surface area contributed by atoms with E-state index in [1.807, 2.05) is 6.92 Å². The second-order valence-electron chi connectivity index (χ2n) is 6.86. The van der Waals surface area contributed by atoms with Crippen molar-refractivity contribution in [3.05, 3.63) is 59.7 Å². The van der Waals surface area contributed by atoms with E-state index in [0.717, 1.165) is 25.2 Å². The molecule has 144 valence electrons. The number of para-hydroxylation sites is 1. The monoisotopic (exact) mass is 388 g/mol. The van der Waals surface area contributed by atoms with Crippen LogP contribution in [0, 0.1) is 6.92 Å². The zero-order valence-electron chi connectivity index (χ0n) is 15.7. The summed E-state index contributed by atoms with van der Waals surface area (Å²) in [5.41, 5.74) is 1.68. The summed E-state index contributed by atoms with van der Waals surface area (Å²) in [5.74, 6) is -0.132. The fraction of sp³-hybridized carbons (Fsp3) is 0.350. The van der Waals surface area contributed by atoms with Crippen LogP contribution in [-0.2, 0) is 10.0 Å². The fourth-order valence-electron chi connectivity index (χ4n) is 3.23. The Bertz CT molecular complexity index is 902. The van der Waals surface area contributed by atoms with Gasteiger partial charge in [0.1, 0.15) is 0 Å². The van der Waals surface area contributed by atoms with Crippen molar-refractivity contribution < 1.29 is 18.1 Å². The van der Waals surface area contributed by atoms with Crippen LogP contribution in [0.1, 0.15) is 22.8 Å². The largest absolute Gasteiger partial charge is 0.332 e. The molecule has 0 unspecified atom stereocenters. The molecule has 0 spiro atoms. The van der Waals surface area contributed by atoms with Gasteiger partial charge in [-0.1, -0.05) is 29.8 Å². The molecule has 0 aromatic heterocycles. The maximum absolute atomic E-state index is 13.0. The molecule has 27 heavy (non-hydrogen) atoms. The number of quaternary nitrogens is 1. The van der Waals surface area contributed by atoms with Crippen LogP contribution in [0.15, 0.2) is 53.4 Å². The van der Waals surface area contributed by atoms with Crippen molar-refractivity contribution in [2.45, 2.75) is 18.7 Å². The number of carbonyl (C=O) groups excluding carboxylic acids is 1. The Labute approximate surface area is 160 Å². The van der Waals surface area contributed by atoms with E-state index in [-0.39, 0.29) is 10.8 Å². The highest BCUT2D eigenvalue weighted by Crippen LogP contribution is 2.22. The number of sulfonamides is 1. The molecule has 0 aliphatic carbocycles. The number of piperazine rings is 1. The van der Waals surface area contributed by atoms with E-state index < -0.39 is 10.0 Å². The van der Waals surface area contributed by atoms with Crippen LogP contribution in [0.3, 0.4) is 0 Å². The van der Waals surface area contributed by atoms with Crippen LogP contribution in [0.4, 0.5) is 5.69 Å². The van der Waals surface area contributed by atoms with Crippen molar-refractivity contribution in [1.82, 2.24) is 4.90 Å². The van der Waals surface area contributed by atoms with Gasteiger partial charge < -0.3 is 9.80 Å². The number of anilines is 1. The third-order valence-corrected chi connectivity index (χ3v) is 6.37. The summed E-state index contributed by atoms with van der Waals surface area (Å²) in [7, 11) is -3.75. The Morgan fingerprint density at radius 3 is 2.33 bits per heavy atom. The molecule has 1 heterocycles. The summed E-state index contributed by atoms with van der Waals surface area (Å²) in [6.07, 6.45) is 0. The SMILES string of the molecule is CC[NH+]1CCN(C(=O)c2ccccc2NS(=O)(=O)c2ccc(C)cc2)CC1. The molecule has 3 rings (SSSR count). The quantitative estimate of drug-likeness (QED) is 0.807. The molecule has 0 bridgehead atoms. The Morgan fingerprint density at radius 1 is 1.07 bits per heavy atom. The minimum Gasteiger partial charge on any atom is -0.332 e. The molecule has 2 N–H and O–H groups in total. The molecule has 1 aliphatic heterocycles. The van der Waals surface area contributed by atoms with Crippen LogP contribution in [-0.4, -0.2) is 51.9 Å². The summed E-state index contributed by atoms with van der Waals surface area (Å²) >= 11 is 0. The Morgan fingerprint density at radius 2 is 1.70 bits per heavy atom. The number of amides is 1. The van der Waals surface area contributed by atoms with Gasteiger partial charge in [0, 0.05) is 0 Å². The summed E-state index contributed by atoms with van der Waals surface area (Å²) in [4.78, 5) is 16.4.